The number of furan rings is 1. The van der Waals surface area contributed by atoms with E-state index < -0.39 is 11.9 Å². The van der Waals surface area contributed by atoms with Crippen LogP contribution in [0.5, 0.6) is 5.75 Å². The highest BCUT2D eigenvalue weighted by molar-refractivity contribution is 5.98. The first-order chi connectivity index (χ1) is 12.6. The van der Waals surface area contributed by atoms with Crippen LogP contribution in [0.3, 0.4) is 0 Å². The fourth-order valence-electron chi connectivity index (χ4n) is 2.56. The van der Waals surface area contributed by atoms with Crippen LogP contribution in [0.2, 0.25) is 0 Å². The van der Waals surface area contributed by atoms with Crippen LogP contribution in [0.25, 0.3) is 0 Å². The molecule has 26 heavy (non-hydrogen) atoms. The first kappa shape index (κ1) is 17.5. The number of methoxy groups -OCH3 is 1. The molecule has 0 atom stereocenters. The number of carbonyl (C=O) groups excluding carboxylic acids is 3. The summed E-state index contributed by atoms with van der Waals surface area (Å²) in [6.07, 6.45) is 1.31. The zero-order chi connectivity index (χ0) is 18.5. The molecule has 0 saturated carbocycles. The van der Waals surface area contributed by atoms with Crippen LogP contribution < -0.4 is 9.64 Å². The highest BCUT2D eigenvalue weighted by Crippen LogP contribution is 2.31. The number of hydrogen-bond acceptors (Lipinski definition) is 7. The highest BCUT2D eigenvalue weighted by Gasteiger charge is 2.25. The SMILES string of the molecule is COC(=O)c1ccoc1COC(=O)CCN1C(=O)COc2ccccc21. The Hall–Kier alpha value is -3.29. The molecule has 0 fully saturated rings. The molecule has 0 bridgehead atoms. The molecular formula is C18H17NO7. The zero-order valence-corrected chi connectivity index (χ0v) is 14.1. The number of anilines is 1. The number of esters is 2. The van der Waals surface area contributed by atoms with E-state index in [1.54, 1.807) is 18.2 Å². The average molecular weight is 359 g/mol. The van der Waals surface area contributed by atoms with E-state index in [-0.39, 0.29) is 43.4 Å². The Morgan fingerprint density at radius 3 is 2.85 bits per heavy atom. The van der Waals surface area contributed by atoms with E-state index in [1.165, 1.54) is 24.3 Å². The second-order valence-corrected chi connectivity index (χ2v) is 5.46. The summed E-state index contributed by atoms with van der Waals surface area (Å²) in [7, 11) is 1.25. The first-order valence-electron chi connectivity index (χ1n) is 7.92. The summed E-state index contributed by atoms with van der Waals surface area (Å²) in [4.78, 5) is 37.1. The number of rotatable bonds is 6. The number of amides is 1. The van der Waals surface area contributed by atoms with Crippen molar-refractivity contribution in [2.45, 2.75) is 13.0 Å². The van der Waals surface area contributed by atoms with Crippen molar-refractivity contribution in [3.8, 4) is 5.75 Å². The average Bonchev–Trinajstić information content (AvgIpc) is 3.13. The normalized spacial score (nSPS) is 13.0. The van der Waals surface area contributed by atoms with Gasteiger partial charge in [0.15, 0.2) is 12.4 Å². The van der Waals surface area contributed by atoms with Crippen LogP contribution >= 0.6 is 0 Å². The lowest BCUT2D eigenvalue weighted by molar-refractivity contribution is -0.145. The molecule has 2 aromatic rings. The molecule has 2 heterocycles. The summed E-state index contributed by atoms with van der Waals surface area (Å²) in [5, 5.41) is 0. The summed E-state index contributed by atoms with van der Waals surface area (Å²) in [5.41, 5.74) is 0.827. The third-order valence-corrected chi connectivity index (χ3v) is 3.86. The number of para-hydroxylation sites is 2. The maximum absolute atomic E-state index is 12.0. The van der Waals surface area contributed by atoms with Crippen molar-refractivity contribution >= 4 is 23.5 Å². The van der Waals surface area contributed by atoms with Gasteiger partial charge in [-0.1, -0.05) is 12.1 Å². The summed E-state index contributed by atoms with van der Waals surface area (Å²) in [5.74, 6) is -0.512. The maximum Gasteiger partial charge on any atom is 0.341 e. The Labute approximate surface area is 149 Å². The van der Waals surface area contributed by atoms with Crippen molar-refractivity contribution in [2.24, 2.45) is 0 Å². The molecule has 8 heteroatoms. The quantitative estimate of drug-likeness (QED) is 0.727. The van der Waals surface area contributed by atoms with E-state index in [0.717, 1.165) is 0 Å². The van der Waals surface area contributed by atoms with Crippen molar-refractivity contribution in [3.05, 3.63) is 47.9 Å². The predicted octanol–water partition coefficient (Wildman–Crippen LogP) is 1.93. The van der Waals surface area contributed by atoms with E-state index in [0.29, 0.717) is 11.4 Å². The Bertz CT molecular complexity index is 826. The predicted molar refractivity (Wildman–Crippen MR) is 88.8 cm³/mol. The van der Waals surface area contributed by atoms with Crippen molar-refractivity contribution < 1.29 is 33.0 Å². The largest absolute Gasteiger partial charge is 0.482 e. The molecule has 8 nitrogen and oxygen atoms in total. The van der Waals surface area contributed by atoms with Crippen LogP contribution in [0.1, 0.15) is 22.5 Å². The van der Waals surface area contributed by atoms with Crippen LogP contribution in [0.15, 0.2) is 41.0 Å². The minimum Gasteiger partial charge on any atom is -0.482 e. The van der Waals surface area contributed by atoms with Crippen molar-refractivity contribution in [1.29, 1.82) is 0 Å². The van der Waals surface area contributed by atoms with Gasteiger partial charge >= 0.3 is 11.9 Å². The third-order valence-electron chi connectivity index (χ3n) is 3.86. The van der Waals surface area contributed by atoms with Crippen LogP contribution in [0, 0.1) is 0 Å². The van der Waals surface area contributed by atoms with Gasteiger partial charge in [-0.3, -0.25) is 9.59 Å². The maximum atomic E-state index is 12.0. The lowest BCUT2D eigenvalue weighted by Crippen LogP contribution is -2.40. The molecule has 0 N–H and O–H groups in total. The van der Waals surface area contributed by atoms with Gasteiger partial charge in [0, 0.05) is 6.54 Å². The third kappa shape index (κ3) is 3.69. The molecule has 1 aromatic heterocycles. The number of hydrogen-bond donors (Lipinski definition) is 0. The van der Waals surface area contributed by atoms with Gasteiger partial charge in [-0.15, -0.1) is 0 Å². The van der Waals surface area contributed by atoms with Crippen LogP contribution in [-0.4, -0.2) is 38.1 Å². The fourth-order valence-corrected chi connectivity index (χ4v) is 2.56. The van der Waals surface area contributed by atoms with Gasteiger partial charge in [0.1, 0.15) is 17.9 Å². The fraction of sp³-hybridized carbons (Fsp3) is 0.278. The summed E-state index contributed by atoms with van der Waals surface area (Å²) < 4.78 is 20.2. The lowest BCUT2D eigenvalue weighted by Gasteiger charge is -2.28. The molecule has 1 amide bonds. The molecule has 0 radical (unpaired) electrons. The molecule has 1 aromatic carbocycles. The van der Waals surface area contributed by atoms with E-state index in [1.807, 2.05) is 6.07 Å². The number of fused-ring (bicyclic) bond motifs is 1. The highest BCUT2D eigenvalue weighted by atomic mass is 16.5. The van der Waals surface area contributed by atoms with Crippen molar-refractivity contribution in [3.63, 3.8) is 0 Å². The number of ether oxygens (including phenoxy) is 3. The summed E-state index contributed by atoms with van der Waals surface area (Å²) in [6.45, 7) is -0.0924. The molecule has 0 aliphatic carbocycles. The Morgan fingerprint density at radius 1 is 1.23 bits per heavy atom. The van der Waals surface area contributed by atoms with Crippen molar-refractivity contribution in [2.75, 3.05) is 25.2 Å². The number of nitrogens with zero attached hydrogens (tertiary/aromatic N) is 1. The van der Waals surface area contributed by atoms with E-state index in [2.05, 4.69) is 4.74 Å². The zero-order valence-electron chi connectivity index (χ0n) is 14.1. The van der Waals surface area contributed by atoms with Gasteiger partial charge < -0.3 is 23.5 Å². The van der Waals surface area contributed by atoms with Gasteiger partial charge in [0.25, 0.3) is 5.91 Å². The molecular weight excluding hydrogens is 342 g/mol. The molecule has 1 aliphatic heterocycles. The Balaban J connectivity index is 1.56. The first-order valence-corrected chi connectivity index (χ1v) is 7.92. The molecule has 0 unspecified atom stereocenters. The van der Waals surface area contributed by atoms with Gasteiger partial charge in [0.05, 0.1) is 25.5 Å². The minimum atomic E-state index is -0.569. The van der Waals surface area contributed by atoms with Gasteiger partial charge in [-0.2, -0.15) is 0 Å². The van der Waals surface area contributed by atoms with Crippen molar-refractivity contribution in [1.82, 2.24) is 0 Å². The standard InChI is InChI=1S/C18H17NO7/c1-23-18(22)12-7-9-24-15(12)10-26-17(21)6-8-19-13-4-2-3-5-14(13)25-11-16(19)20/h2-5,7,9H,6,8,10-11H2,1H3. The second kappa shape index (κ2) is 7.73. The van der Waals surface area contributed by atoms with Crippen LogP contribution in [0.4, 0.5) is 5.69 Å². The smallest absolute Gasteiger partial charge is 0.341 e. The molecule has 1 aliphatic rings. The summed E-state index contributed by atoms with van der Waals surface area (Å²) in [6, 6.07) is 8.56. The molecule has 0 saturated heterocycles. The van der Waals surface area contributed by atoms with Gasteiger partial charge in [0.2, 0.25) is 0 Å². The number of carbonyl (C=O) groups is 3. The molecule has 0 spiro atoms. The van der Waals surface area contributed by atoms with Gasteiger partial charge in [-0.05, 0) is 18.2 Å². The monoisotopic (exact) mass is 359 g/mol. The Morgan fingerprint density at radius 2 is 2.04 bits per heavy atom. The topological polar surface area (TPSA) is 95.3 Å². The Kier molecular flexibility index (Phi) is 5.21. The lowest BCUT2D eigenvalue weighted by atomic mass is 10.2. The summed E-state index contributed by atoms with van der Waals surface area (Å²) >= 11 is 0. The van der Waals surface area contributed by atoms with E-state index in [9.17, 15) is 14.4 Å². The van der Waals surface area contributed by atoms with Gasteiger partial charge in [-0.25, -0.2) is 4.79 Å². The van der Waals surface area contributed by atoms with E-state index >= 15 is 0 Å². The van der Waals surface area contributed by atoms with E-state index in [4.69, 9.17) is 13.9 Å². The molecule has 3 rings (SSSR count). The molecule has 136 valence electrons. The second-order valence-electron chi connectivity index (χ2n) is 5.46. The van der Waals surface area contributed by atoms with Crippen LogP contribution in [-0.2, 0) is 25.7 Å². The minimum absolute atomic E-state index is 0.00561. The number of benzene rings is 1.